The molecule has 3 aromatic carbocycles. The highest BCUT2D eigenvalue weighted by atomic mass is 79.9. The second-order valence-electron chi connectivity index (χ2n) is 9.27. The number of carbonyl (C=O) groups excluding carboxylic acids is 2. The first-order valence-electron chi connectivity index (χ1n) is 13.0. The van der Waals surface area contributed by atoms with Gasteiger partial charge in [0.2, 0.25) is 11.8 Å². The Kier molecular flexibility index (Phi) is 11.7. The van der Waals surface area contributed by atoms with E-state index in [4.69, 9.17) is 4.74 Å². The number of nitrogens with zero attached hydrogens (tertiary/aromatic N) is 1. The summed E-state index contributed by atoms with van der Waals surface area (Å²) in [5.74, 6) is 0.622. The molecular formula is C31H37BrN2O3. The predicted octanol–water partition coefficient (Wildman–Crippen LogP) is 6.47. The standard InChI is InChI=1S/C31H37BrN2O3/c1-3-4-19-33-31(36)29(22-25-10-6-5-7-11-25)34(23-26-12-8-13-27(32)21-26)30(35)14-9-20-37-28-17-15-24(2)16-18-28/h5-8,10-13,15-18,21,29H,3-4,9,14,19-20,22-23H2,1-2H3,(H,33,36). The third-order valence-corrected chi connectivity index (χ3v) is 6.66. The number of hydrogen-bond acceptors (Lipinski definition) is 3. The van der Waals surface area contributed by atoms with E-state index in [1.165, 1.54) is 5.56 Å². The highest BCUT2D eigenvalue weighted by molar-refractivity contribution is 9.10. The van der Waals surface area contributed by atoms with Crippen LogP contribution in [0.1, 0.15) is 49.3 Å². The molecule has 0 saturated carbocycles. The number of ether oxygens (including phenoxy) is 1. The van der Waals surface area contributed by atoms with E-state index >= 15 is 0 Å². The van der Waals surface area contributed by atoms with Crippen LogP contribution in [0.3, 0.4) is 0 Å². The van der Waals surface area contributed by atoms with Crippen LogP contribution in [0.15, 0.2) is 83.3 Å². The number of nitrogens with one attached hydrogen (secondary N) is 1. The van der Waals surface area contributed by atoms with Gasteiger partial charge in [0.15, 0.2) is 0 Å². The number of aryl methyl sites for hydroxylation is 1. The quantitative estimate of drug-likeness (QED) is 0.228. The first kappa shape index (κ1) is 28.5. The van der Waals surface area contributed by atoms with Crippen molar-refractivity contribution >= 4 is 27.7 Å². The molecule has 1 N–H and O–H groups in total. The first-order chi connectivity index (χ1) is 18.0. The summed E-state index contributed by atoms with van der Waals surface area (Å²) < 4.78 is 6.78. The van der Waals surface area contributed by atoms with Gasteiger partial charge in [0.1, 0.15) is 11.8 Å². The van der Waals surface area contributed by atoms with Crippen molar-refractivity contribution in [2.75, 3.05) is 13.2 Å². The highest BCUT2D eigenvalue weighted by Crippen LogP contribution is 2.19. The van der Waals surface area contributed by atoms with Crippen LogP contribution in [0.4, 0.5) is 0 Å². The molecule has 0 aliphatic rings. The number of carbonyl (C=O) groups is 2. The number of amides is 2. The zero-order valence-corrected chi connectivity index (χ0v) is 23.4. The van der Waals surface area contributed by atoms with Gasteiger partial charge in [-0.25, -0.2) is 0 Å². The van der Waals surface area contributed by atoms with Gasteiger partial charge in [-0.15, -0.1) is 0 Å². The fourth-order valence-electron chi connectivity index (χ4n) is 4.08. The molecule has 0 bridgehead atoms. The molecule has 0 spiro atoms. The van der Waals surface area contributed by atoms with Gasteiger partial charge in [0.05, 0.1) is 6.61 Å². The second-order valence-corrected chi connectivity index (χ2v) is 10.2. The molecule has 37 heavy (non-hydrogen) atoms. The molecule has 196 valence electrons. The smallest absolute Gasteiger partial charge is 0.243 e. The monoisotopic (exact) mass is 564 g/mol. The molecule has 6 heteroatoms. The van der Waals surface area contributed by atoms with Crippen molar-refractivity contribution < 1.29 is 14.3 Å². The Morgan fingerprint density at radius 1 is 0.946 bits per heavy atom. The third kappa shape index (κ3) is 9.69. The fourth-order valence-corrected chi connectivity index (χ4v) is 4.53. The molecule has 0 heterocycles. The maximum atomic E-state index is 13.6. The van der Waals surface area contributed by atoms with E-state index in [-0.39, 0.29) is 11.8 Å². The Labute approximate surface area is 229 Å². The number of rotatable bonds is 14. The van der Waals surface area contributed by atoms with Gasteiger partial charge >= 0.3 is 0 Å². The van der Waals surface area contributed by atoms with Crippen LogP contribution in [-0.2, 0) is 22.6 Å². The topological polar surface area (TPSA) is 58.6 Å². The van der Waals surface area contributed by atoms with Crippen molar-refractivity contribution in [2.45, 2.75) is 58.5 Å². The zero-order valence-electron chi connectivity index (χ0n) is 21.8. The lowest BCUT2D eigenvalue weighted by Gasteiger charge is -2.31. The maximum Gasteiger partial charge on any atom is 0.243 e. The summed E-state index contributed by atoms with van der Waals surface area (Å²) in [4.78, 5) is 28.8. The van der Waals surface area contributed by atoms with Gasteiger partial charge in [-0.05, 0) is 55.2 Å². The van der Waals surface area contributed by atoms with Crippen LogP contribution in [0.2, 0.25) is 0 Å². The summed E-state index contributed by atoms with van der Waals surface area (Å²) in [5.41, 5.74) is 3.17. The van der Waals surface area contributed by atoms with Crippen LogP contribution in [0.5, 0.6) is 5.75 Å². The Hall–Kier alpha value is -3.12. The van der Waals surface area contributed by atoms with Crippen LogP contribution >= 0.6 is 15.9 Å². The van der Waals surface area contributed by atoms with E-state index in [0.29, 0.717) is 39.0 Å². The van der Waals surface area contributed by atoms with Crippen LogP contribution in [-0.4, -0.2) is 35.9 Å². The largest absolute Gasteiger partial charge is 0.494 e. The summed E-state index contributed by atoms with van der Waals surface area (Å²) in [5, 5.41) is 3.06. The fraction of sp³-hybridized carbons (Fsp3) is 0.355. The molecule has 0 radical (unpaired) electrons. The van der Waals surface area contributed by atoms with Crippen molar-refractivity contribution in [2.24, 2.45) is 0 Å². The highest BCUT2D eigenvalue weighted by Gasteiger charge is 2.30. The number of hydrogen-bond donors (Lipinski definition) is 1. The maximum absolute atomic E-state index is 13.6. The van der Waals surface area contributed by atoms with E-state index in [1.54, 1.807) is 4.90 Å². The molecule has 2 amide bonds. The molecule has 1 atom stereocenters. The minimum atomic E-state index is -0.608. The van der Waals surface area contributed by atoms with Crippen molar-refractivity contribution in [3.63, 3.8) is 0 Å². The summed E-state index contributed by atoms with van der Waals surface area (Å²) in [6, 6.07) is 25.1. The van der Waals surface area contributed by atoms with Gasteiger partial charge in [-0.1, -0.05) is 89.4 Å². The third-order valence-electron chi connectivity index (χ3n) is 6.17. The molecule has 5 nitrogen and oxygen atoms in total. The Morgan fingerprint density at radius 3 is 2.38 bits per heavy atom. The van der Waals surface area contributed by atoms with Crippen molar-refractivity contribution in [1.29, 1.82) is 0 Å². The number of halogens is 1. The van der Waals surface area contributed by atoms with E-state index < -0.39 is 6.04 Å². The Bertz CT molecular complexity index is 1120. The summed E-state index contributed by atoms with van der Waals surface area (Å²) in [6.07, 6.45) is 3.22. The Morgan fingerprint density at radius 2 is 1.68 bits per heavy atom. The second kappa shape index (κ2) is 15.2. The lowest BCUT2D eigenvalue weighted by atomic mass is 10.0. The molecule has 0 fully saturated rings. The molecule has 0 aliphatic carbocycles. The van der Waals surface area contributed by atoms with Crippen LogP contribution in [0, 0.1) is 6.92 Å². The van der Waals surface area contributed by atoms with Gasteiger partial charge < -0.3 is 15.0 Å². The van der Waals surface area contributed by atoms with E-state index in [1.807, 2.05) is 85.8 Å². The number of unbranched alkanes of at least 4 members (excludes halogenated alkanes) is 1. The van der Waals surface area contributed by atoms with Crippen LogP contribution in [0.25, 0.3) is 0 Å². The molecule has 0 aliphatic heterocycles. The van der Waals surface area contributed by atoms with Gasteiger partial charge in [-0.3, -0.25) is 9.59 Å². The van der Waals surface area contributed by atoms with Gasteiger partial charge in [-0.2, -0.15) is 0 Å². The normalized spacial score (nSPS) is 11.5. The lowest BCUT2D eigenvalue weighted by Crippen LogP contribution is -2.50. The summed E-state index contributed by atoms with van der Waals surface area (Å²) >= 11 is 3.53. The molecule has 0 aromatic heterocycles. The molecule has 1 unspecified atom stereocenters. The van der Waals surface area contributed by atoms with Crippen LogP contribution < -0.4 is 10.1 Å². The van der Waals surface area contributed by atoms with Crippen molar-refractivity contribution in [3.05, 3.63) is 100 Å². The lowest BCUT2D eigenvalue weighted by molar-refractivity contribution is -0.141. The SMILES string of the molecule is CCCCNC(=O)C(Cc1ccccc1)N(Cc1cccc(Br)c1)C(=O)CCCOc1ccc(C)cc1. The molecular weight excluding hydrogens is 528 g/mol. The van der Waals surface area contributed by atoms with Gasteiger partial charge in [0.25, 0.3) is 0 Å². The summed E-state index contributed by atoms with van der Waals surface area (Å²) in [7, 11) is 0. The van der Waals surface area contributed by atoms with Crippen molar-refractivity contribution in [3.8, 4) is 5.75 Å². The van der Waals surface area contributed by atoms with E-state index in [9.17, 15) is 9.59 Å². The first-order valence-corrected chi connectivity index (χ1v) is 13.8. The molecule has 3 rings (SSSR count). The van der Waals surface area contributed by atoms with E-state index in [0.717, 1.165) is 34.2 Å². The molecule has 3 aromatic rings. The average Bonchev–Trinajstić information content (AvgIpc) is 2.90. The number of benzene rings is 3. The molecule has 0 saturated heterocycles. The zero-order chi connectivity index (χ0) is 26.5. The Balaban J connectivity index is 1.77. The van der Waals surface area contributed by atoms with Crippen molar-refractivity contribution in [1.82, 2.24) is 10.2 Å². The van der Waals surface area contributed by atoms with Gasteiger partial charge in [0, 0.05) is 30.4 Å². The van der Waals surface area contributed by atoms with E-state index in [2.05, 4.69) is 28.2 Å². The predicted molar refractivity (Wildman–Crippen MR) is 152 cm³/mol. The minimum Gasteiger partial charge on any atom is -0.494 e. The minimum absolute atomic E-state index is 0.0564. The summed E-state index contributed by atoms with van der Waals surface area (Å²) in [6.45, 7) is 5.52. The average molecular weight is 566 g/mol.